The summed E-state index contributed by atoms with van der Waals surface area (Å²) in [5.41, 5.74) is 1.50. The summed E-state index contributed by atoms with van der Waals surface area (Å²) in [5.74, 6) is 0.121. The SMILES string of the molecule is N#Cc1ccc(CC(=O)CBr)c(Br)c1. The number of benzene rings is 1. The molecular weight excluding hydrogens is 310 g/mol. The predicted octanol–water partition coefficient (Wildman–Crippen LogP) is 2.83. The second kappa shape index (κ2) is 5.28. The number of carbonyl (C=O) groups is 1. The zero-order valence-electron chi connectivity index (χ0n) is 7.26. The maximum Gasteiger partial charge on any atom is 0.147 e. The zero-order valence-corrected chi connectivity index (χ0v) is 10.4. The van der Waals surface area contributed by atoms with Gasteiger partial charge in [-0.25, -0.2) is 0 Å². The maximum atomic E-state index is 11.2. The van der Waals surface area contributed by atoms with Crippen LogP contribution < -0.4 is 0 Å². The molecule has 1 rings (SSSR count). The van der Waals surface area contributed by atoms with Crippen LogP contribution in [0.5, 0.6) is 0 Å². The number of alkyl halides is 1. The lowest BCUT2D eigenvalue weighted by atomic mass is 10.1. The zero-order chi connectivity index (χ0) is 10.6. The molecule has 0 N–H and O–H groups in total. The molecule has 4 heteroatoms. The first kappa shape index (κ1) is 11.4. The van der Waals surface area contributed by atoms with Crippen molar-refractivity contribution < 1.29 is 4.79 Å². The van der Waals surface area contributed by atoms with E-state index in [2.05, 4.69) is 31.9 Å². The van der Waals surface area contributed by atoms with Gasteiger partial charge >= 0.3 is 0 Å². The monoisotopic (exact) mass is 315 g/mol. The lowest BCUT2D eigenvalue weighted by molar-refractivity contribution is -0.115. The first-order valence-corrected chi connectivity index (χ1v) is 5.85. The average Bonchev–Trinajstić information content (AvgIpc) is 2.20. The van der Waals surface area contributed by atoms with E-state index in [9.17, 15) is 4.79 Å². The number of hydrogen-bond donors (Lipinski definition) is 0. The van der Waals surface area contributed by atoms with Gasteiger partial charge in [-0.05, 0) is 17.7 Å². The summed E-state index contributed by atoms with van der Waals surface area (Å²) < 4.78 is 0.811. The molecule has 0 amide bonds. The van der Waals surface area contributed by atoms with Crippen molar-refractivity contribution in [1.29, 1.82) is 5.26 Å². The van der Waals surface area contributed by atoms with Gasteiger partial charge < -0.3 is 0 Å². The summed E-state index contributed by atoms with van der Waals surface area (Å²) >= 11 is 6.43. The molecule has 0 aliphatic carbocycles. The topological polar surface area (TPSA) is 40.9 Å². The van der Waals surface area contributed by atoms with Gasteiger partial charge in [0.1, 0.15) is 5.78 Å². The molecule has 1 aromatic carbocycles. The molecule has 0 saturated carbocycles. The van der Waals surface area contributed by atoms with E-state index in [1.165, 1.54) is 0 Å². The van der Waals surface area contributed by atoms with Gasteiger partial charge in [-0.2, -0.15) is 5.26 Å². The lowest BCUT2D eigenvalue weighted by Crippen LogP contribution is -2.04. The molecule has 0 aromatic heterocycles. The largest absolute Gasteiger partial charge is 0.298 e. The Labute approximate surface area is 99.2 Å². The second-order valence-electron chi connectivity index (χ2n) is 2.77. The van der Waals surface area contributed by atoms with Crippen molar-refractivity contribution in [2.75, 3.05) is 5.33 Å². The highest BCUT2D eigenvalue weighted by atomic mass is 79.9. The van der Waals surface area contributed by atoms with Crippen LogP contribution in [0.25, 0.3) is 0 Å². The van der Waals surface area contributed by atoms with E-state index in [1.807, 2.05) is 6.07 Å². The normalized spacial score (nSPS) is 9.50. The minimum Gasteiger partial charge on any atom is -0.298 e. The third kappa shape index (κ3) is 2.93. The first-order valence-electron chi connectivity index (χ1n) is 3.93. The molecule has 72 valence electrons. The van der Waals surface area contributed by atoms with Crippen LogP contribution in [0.4, 0.5) is 0 Å². The van der Waals surface area contributed by atoms with Gasteiger partial charge in [0, 0.05) is 10.9 Å². The molecule has 0 fully saturated rings. The number of rotatable bonds is 3. The van der Waals surface area contributed by atoms with E-state index in [0.29, 0.717) is 17.3 Å². The van der Waals surface area contributed by atoms with E-state index in [4.69, 9.17) is 5.26 Å². The van der Waals surface area contributed by atoms with Crippen LogP contribution in [0.15, 0.2) is 22.7 Å². The molecule has 0 heterocycles. The fourth-order valence-electron chi connectivity index (χ4n) is 1.02. The van der Waals surface area contributed by atoms with Gasteiger partial charge in [-0.3, -0.25) is 4.79 Å². The van der Waals surface area contributed by atoms with Crippen LogP contribution in [-0.2, 0) is 11.2 Å². The number of nitrogens with zero attached hydrogens (tertiary/aromatic N) is 1. The first-order chi connectivity index (χ1) is 6.67. The molecule has 0 spiro atoms. The minimum absolute atomic E-state index is 0.121. The van der Waals surface area contributed by atoms with E-state index in [0.717, 1.165) is 10.0 Å². The van der Waals surface area contributed by atoms with Crippen molar-refractivity contribution in [3.8, 4) is 6.07 Å². The Balaban J connectivity index is 2.90. The fourth-order valence-corrected chi connectivity index (χ4v) is 1.74. The molecule has 0 aliphatic rings. The van der Waals surface area contributed by atoms with Gasteiger partial charge in [0.2, 0.25) is 0 Å². The molecule has 14 heavy (non-hydrogen) atoms. The van der Waals surface area contributed by atoms with Crippen molar-refractivity contribution >= 4 is 37.6 Å². The van der Waals surface area contributed by atoms with Crippen LogP contribution >= 0.6 is 31.9 Å². The standard InChI is InChI=1S/C10H7Br2NO/c11-5-9(14)4-8-2-1-7(6-13)3-10(8)12/h1-3H,4-5H2. The van der Waals surface area contributed by atoms with E-state index < -0.39 is 0 Å². The summed E-state index contributed by atoms with van der Waals surface area (Å²) in [6.07, 6.45) is 0.386. The Morgan fingerprint density at radius 3 is 2.71 bits per heavy atom. The van der Waals surface area contributed by atoms with Gasteiger partial charge in [-0.15, -0.1) is 0 Å². The van der Waals surface area contributed by atoms with Crippen molar-refractivity contribution in [3.05, 3.63) is 33.8 Å². The number of Topliss-reactive ketones (excluding diaryl/α,β-unsaturated/α-hetero) is 1. The van der Waals surface area contributed by atoms with Crippen molar-refractivity contribution in [1.82, 2.24) is 0 Å². The molecule has 0 saturated heterocycles. The number of carbonyl (C=O) groups excluding carboxylic acids is 1. The molecular formula is C10H7Br2NO. The molecule has 0 atom stereocenters. The second-order valence-corrected chi connectivity index (χ2v) is 4.18. The van der Waals surface area contributed by atoms with Crippen molar-refractivity contribution in [3.63, 3.8) is 0 Å². The van der Waals surface area contributed by atoms with Gasteiger partial charge in [0.15, 0.2) is 0 Å². The van der Waals surface area contributed by atoms with Crippen LogP contribution in [-0.4, -0.2) is 11.1 Å². The van der Waals surface area contributed by atoms with E-state index in [-0.39, 0.29) is 5.78 Å². The molecule has 0 bridgehead atoms. The third-order valence-corrected chi connectivity index (χ3v) is 3.08. The Kier molecular flexibility index (Phi) is 4.30. The Morgan fingerprint density at radius 1 is 1.50 bits per heavy atom. The maximum absolute atomic E-state index is 11.2. The minimum atomic E-state index is 0.121. The highest BCUT2D eigenvalue weighted by molar-refractivity contribution is 9.10. The van der Waals surface area contributed by atoms with E-state index >= 15 is 0 Å². The van der Waals surface area contributed by atoms with Crippen molar-refractivity contribution in [2.24, 2.45) is 0 Å². The Morgan fingerprint density at radius 2 is 2.21 bits per heavy atom. The summed E-state index contributed by atoms with van der Waals surface area (Å²) in [5, 5.41) is 9.00. The highest BCUT2D eigenvalue weighted by Gasteiger charge is 2.06. The van der Waals surface area contributed by atoms with Crippen LogP contribution in [0.1, 0.15) is 11.1 Å². The average molecular weight is 317 g/mol. The van der Waals surface area contributed by atoms with Crippen LogP contribution in [0.3, 0.4) is 0 Å². The molecule has 2 nitrogen and oxygen atoms in total. The van der Waals surface area contributed by atoms with Gasteiger partial charge in [-0.1, -0.05) is 37.9 Å². The number of ketones is 1. The summed E-state index contributed by atoms with van der Waals surface area (Å²) in [7, 11) is 0. The van der Waals surface area contributed by atoms with E-state index in [1.54, 1.807) is 18.2 Å². The number of nitriles is 1. The number of hydrogen-bond acceptors (Lipinski definition) is 2. The van der Waals surface area contributed by atoms with Crippen LogP contribution in [0, 0.1) is 11.3 Å². The van der Waals surface area contributed by atoms with Gasteiger partial charge in [0.05, 0.1) is 17.0 Å². The molecule has 0 aliphatic heterocycles. The smallest absolute Gasteiger partial charge is 0.147 e. The van der Waals surface area contributed by atoms with Crippen molar-refractivity contribution in [2.45, 2.75) is 6.42 Å². The summed E-state index contributed by atoms with van der Waals surface area (Å²) in [6.45, 7) is 0. The Hall–Kier alpha value is -0.660. The molecule has 0 unspecified atom stereocenters. The van der Waals surface area contributed by atoms with Gasteiger partial charge in [0.25, 0.3) is 0 Å². The highest BCUT2D eigenvalue weighted by Crippen LogP contribution is 2.19. The quantitative estimate of drug-likeness (QED) is 0.805. The number of halogens is 2. The fraction of sp³-hybridized carbons (Fsp3) is 0.200. The van der Waals surface area contributed by atoms with Crippen LogP contribution in [0.2, 0.25) is 0 Å². The lowest BCUT2D eigenvalue weighted by Gasteiger charge is -2.02. The molecule has 1 aromatic rings. The predicted molar refractivity (Wildman–Crippen MR) is 61.4 cm³/mol. The molecule has 0 radical (unpaired) electrons. The summed E-state index contributed by atoms with van der Waals surface area (Å²) in [4.78, 5) is 11.2. The summed E-state index contributed by atoms with van der Waals surface area (Å²) in [6, 6.07) is 7.26. The third-order valence-electron chi connectivity index (χ3n) is 1.72. The Bertz CT molecular complexity index is 396.